The van der Waals surface area contributed by atoms with Crippen molar-refractivity contribution in [1.29, 1.82) is 0 Å². The van der Waals surface area contributed by atoms with Gasteiger partial charge in [-0.05, 0) is 43.7 Å². The number of aryl methyl sites for hydroxylation is 1. The summed E-state index contributed by atoms with van der Waals surface area (Å²) in [5, 5.41) is 5.25. The molecular formula is C20H22N2O4. The molecule has 0 aliphatic heterocycles. The van der Waals surface area contributed by atoms with Crippen LogP contribution in [-0.4, -0.2) is 30.9 Å². The van der Waals surface area contributed by atoms with E-state index < -0.39 is 5.97 Å². The third kappa shape index (κ3) is 6.05. The summed E-state index contributed by atoms with van der Waals surface area (Å²) in [6, 6.07) is 14.0. The highest BCUT2D eigenvalue weighted by Gasteiger charge is 2.09. The Hall–Kier alpha value is -3.15. The van der Waals surface area contributed by atoms with Crippen LogP contribution in [0.1, 0.15) is 28.4 Å². The standard InChI is InChI=1S/C20H22N2O4/c1-3-26-20(25)16-7-9-17(10-8-16)22-19(24)13-21-18(23)12-15-6-4-5-14(2)11-15/h4-11H,3,12-13H2,1-2H3,(H,21,23)(H,22,24). The Bertz CT molecular complexity index is 785. The molecule has 6 heteroatoms. The van der Waals surface area contributed by atoms with Crippen LogP contribution in [0.15, 0.2) is 48.5 Å². The first-order valence-corrected chi connectivity index (χ1v) is 8.37. The number of amides is 2. The summed E-state index contributed by atoms with van der Waals surface area (Å²) in [6.07, 6.45) is 0.225. The van der Waals surface area contributed by atoms with Crippen LogP contribution in [0, 0.1) is 6.92 Å². The topological polar surface area (TPSA) is 84.5 Å². The van der Waals surface area contributed by atoms with Crippen LogP contribution in [-0.2, 0) is 20.7 Å². The molecule has 2 amide bonds. The lowest BCUT2D eigenvalue weighted by Crippen LogP contribution is -2.33. The van der Waals surface area contributed by atoms with Gasteiger partial charge in [-0.1, -0.05) is 29.8 Å². The third-order valence-electron chi connectivity index (χ3n) is 3.57. The van der Waals surface area contributed by atoms with Crippen molar-refractivity contribution in [3.63, 3.8) is 0 Å². The number of benzene rings is 2. The zero-order chi connectivity index (χ0) is 18.9. The van der Waals surface area contributed by atoms with Gasteiger partial charge in [-0.3, -0.25) is 9.59 Å². The van der Waals surface area contributed by atoms with Gasteiger partial charge in [0.2, 0.25) is 11.8 Å². The molecule has 2 aromatic rings. The second kappa shape index (κ2) is 9.36. The van der Waals surface area contributed by atoms with Gasteiger partial charge in [0.05, 0.1) is 25.1 Å². The minimum Gasteiger partial charge on any atom is -0.462 e. The van der Waals surface area contributed by atoms with Crippen molar-refractivity contribution in [2.75, 3.05) is 18.5 Å². The Morgan fingerprint density at radius 1 is 1.00 bits per heavy atom. The Labute approximate surface area is 152 Å². The van der Waals surface area contributed by atoms with E-state index >= 15 is 0 Å². The number of ether oxygens (including phenoxy) is 1. The highest BCUT2D eigenvalue weighted by molar-refractivity contribution is 5.95. The fourth-order valence-electron chi connectivity index (χ4n) is 2.36. The van der Waals surface area contributed by atoms with E-state index in [1.165, 1.54) is 0 Å². The van der Waals surface area contributed by atoms with Crippen molar-refractivity contribution in [1.82, 2.24) is 5.32 Å². The van der Waals surface area contributed by atoms with Crippen LogP contribution in [0.5, 0.6) is 0 Å². The molecule has 0 unspecified atom stereocenters. The number of rotatable bonds is 7. The fourth-order valence-corrected chi connectivity index (χ4v) is 2.36. The van der Waals surface area contributed by atoms with Gasteiger partial charge >= 0.3 is 5.97 Å². The molecule has 2 N–H and O–H groups in total. The van der Waals surface area contributed by atoms with E-state index in [4.69, 9.17) is 4.74 Å². The largest absolute Gasteiger partial charge is 0.462 e. The van der Waals surface area contributed by atoms with E-state index in [1.807, 2.05) is 31.2 Å². The number of anilines is 1. The minimum atomic E-state index is -0.409. The Kier molecular flexibility index (Phi) is 6.91. The molecule has 136 valence electrons. The lowest BCUT2D eigenvalue weighted by molar-refractivity contribution is -0.123. The van der Waals surface area contributed by atoms with Crippen molar-refractivity contribution in [2.24, 2.45) is 0 Å². The normalized spacial score (nSPS) is 10.1. The fraction of sp³-hybridized carbons (Fsp3) is 0.250. The van der Waals surface area contributed by atoms with Gasteiger partial charge in [0.15, 0.2) is 0 Å². The Balaban J connectivity index is 1.79. The first kappa shape index (κ1) is 19.2. The molecule has 2 aromatic carbocycles. The molecule has 2 rings (SSSR count). The molecule has 0 aliphatic carbocycles. The average Bonchev–Trinajstić information content (AvgIpc) is 2.61. The lowest BCUT2D eigenvalue weighted by Gasteiger charge is -2.08. The predicted octanol–water partition coefficient (Wildman–Crippen LogP) is 2.47. The predicted molar refractivity (Wildman–Crippen MR) is 98.9 cm³/mol. The van der Waals surface area contributed by atoms with E-state index in [0.29, 0.717) is 17.9 Å². The van der Waals surface area contributed by atoms with E-state index in [1.54, 1.807) is 31.2 Å². The maximum absolute atomic E-state index is 11.9. The molecule has 0 spiro atoms. The highest BCUT2D eigenvalue weighted by Crippen LogP contribution is 2.10. The highest BCUT2D eigenvalue weighted by atomic mass is 16.5. The van der Waals surface area contributed by atoms with Gasteiger partial charge in [0.1, 0.15) is 0 Å². The number of hydrogen-bond donors (Lipinski definition) is 2. The quantitative estimate of drug-likeness (QED) is 0.748. The Morgan fingerprint density at radius 3 is 2.38 bits per heavy atom. The van der Waals surface area contributed by atoms with Gasteiger partial charge < -0.3 is 15.4 Å². The van der Waals surface area contributed by atoms with Gasteiger partial charge in [-0.15, -0.1) is 0 Å². The minimum absolute atomic E-state index is 0.121. The van der Waals surface area contributed by atoms with Gasteiger partial charge in [-0.25, -0.2) is 4.79 Å². The van der Waals surface area contributed by atoms with E-state index in [-0.39, 0.29) is 24.8 Å². The summed E-state index contributed by atoms with van der Waals surface area (Å²) in [6.45, 7) is 3.88. The average molecular weight is 354 g/mol. The molecule has 0 heterocycles. The number of nitrogens with one attached hydrogen (secondary N) is 2. The zero-order valence-corrected chi connectivity index (χ0v) is 14.9. The maximum atomic E-state index is 11.9. The Morgan fingerprint density at radius 2 is 1.73 bits per heavy atom. The first-order valence-electron chi connectivity index (χ1n) is 8.37. The molecule has 0 saturated heterocycles. The van der Waals surface area contributed by atoms with Gasteiger partial charge in [-0.2, -0.15) is 0 Å². The molecule has 0 aliphatic rings. The van der Waals surface area contributed by atoms with Crippen LogP contribution in [0.25, 0.3) is 0 Å². The molecule has 0 atom stereocenters. The number of hydrogen-bond acceptors (Lipinski definition) is 4. The van der Waals surface area contributed by atoms with Gasteiger partial charge in [0, 0.05) is 5.69 Å². The summed E-state index contributed by atoms with van der Waals surface area (Å²) >= 11 is 0. The monoisotopic (exact) mass is 354 g/mol. The van der Waals surface area contributed by atoms with E-state index in [0.717, 1.165) is 11.1 Å². The molecule has 0 aromatic heterocycles. The number of carbonyl (C=O) groups excluding carboxylic acids is 3. The first-order chi connectivity index (χ1) is 12.5. The van der Waals surface area contributed by atoms with Crippen molar-refractivity contribution in [3.05, 3.63) is 65.2 Å². The lowest BCUT2D eigenvalue weighted by atomic mass is 10.1. The third-order valence-corrected chi connectivity index (χ3v) is 3.57. The van der Waals surface area contributed by atoms with Crippen molar-refractivity contribution in [3.8, 4) is 0 Å². The van der Waals surface area contributed by atoms with Crippen LogP contribution >= 0.6 is 0 Å². The molecule has 6 nitrogen and oxygen atoms in total. The second-order valence-corrected chi connectivity index (χ2v) is 5.79. The van der Waals surface area contributed by atoms with E-state index in [2.05, 4.69) is 10.6 Å². The molecule has 0 bridgehead atoms. The zero-order valence-electron chi connectivity index (χ0n) is 14.9. The SMILES string of the molecule is CCOC(=O)c1ccc(NC(=O)CNC(=O)Cc2cccc(C)c2)cc1. The molecular weight excluding hydrogens is 332 g/mol. The van der Waals surface area contributed by atoms with Crippen LogP contribution in [0.4, 0.5) is 5.69 Å². The van der Waals surface area contributed by atoms with Crippen molar-refractivity contribution >= 4 is 23.5 Å². The molecule has 0 radical (unpaired) electrons. The smallest absolute Gasteiger partial charge is 0.338 e. The summed E-state index contributed by atoms with van der Waals surface area (Å²) in [4.78, 5) is 35.4. The molecule has 0 fully saturated rings. The van der Waals surface area contributed by atoms with Crippen molar-refractivity contribution in [2.45, 2.75) is 20.3 Å². The number of esters is 1. The maximum Gasteiger partial charge on any atom is 0.338 e. The van der Waals surface area contributed by atoms with E-state index in [9.17, 15) is 14.4 Å². The summed E-state index contributed by atoms with van der Waals surface area (Å²) < 4.78 is 4.90. The van der Waals surface area contributed by atoms with Crippen LogP contribution in [0.3, 0.4) is 0 Å². The summed E-state index contributed by atoms with van der Waals surface area (Å²) in [5.74, 6) is -0.969. The van der Waals surface area contributed by atoms with Crippen LogP contribution < -0.4 is 10.6 Å². The number of carbonyl (C=O) groups is 3. The molecule has 26 heavy (non-hydrogen) atoms. The molecule has 0 saturated carbocycles. The summed E-state index contributed by atoms with van der Waals surface area (Å²) in [7, 11) is 0. The van der Waals surface area contributed by atoms with Gasteiger partial charge in [0.25, 0.3) is 0 Å². The second-order valence-electron chi connectivity index (χ2n) is 5.79. The van der Waals surface area contributed by atoms with Crippen LogP contribution in [0.2, 0.25) is 0 Å². The van der Waals surface area contributed by atoms with Crippen molar-refractivity contribution < 1.29 is 19.1 Å². The summed E-state index contributed by atoms with van der Waals surface area (Å²) in [5.41, 5.74) is 2.93.